The molecule has 30 heavy (non-hydrogen) atoms. The molecule has 1 saturated carbocycles. The van der Waals surface area contributed by atoms with Crippen molar-refractivity contribution in [2.75, 3.05) is 7.11 Å². The van der Waals surface area contributed by atoms with Crippen LogP contribution in [0.4, 0.5) is 0 Å². The first-order chi connectivity index (χ1) is 14.4. The Hall–Kier alpha value is -2.82. The fourth-order valence-electron chi connectivity index (χ4n) is 6.27. The van der Waals surface area contributed by atoms with E-state index in [2.05, 4.69) is 67.8 Å². The highest BCUT2D eigenvalue weighted by molar-refractivity contribution is 6.03. The second kappa shape index (κ2) is 4.90. The third kappa shape index (κ3) is 1.63. The lowest BCUT2D eigenvalue weighted by Gasteiger charge is -2.35. The number of methoxy groups -OCH3 is 1. The minimum atomic E-state index is -1.21. The molecule has 2 aliphatic carbocycles. The van der Waals surface area contributed by atoms with E-state index in [0.29, 0.717) is 0 Å². The first-order valence-corrected chi connectivity index (χ1v) is 10.6. The number of rotatable bonds is 1. The molecule has 0 spiro atoms. The van der Waals surface area contributed by atoms with Gasteiger partial charge in [-0.25, -0.2) is 0 Å². The van der Waals surface area contributed by atoms with E-state index >= 15 is 0 Å². The van der Waals surface area contributed by atoms with Gasteiger partial charge in [0, 0.05) is 46.7 Å². The third-order valence-corrected chi connectivity index (χ3v) is 7.87. The number of hydrogen-bond acceptors (Lipinski definition) is 3. The first-order valence-electron chi connectivity index (χ1n) is 10.6. The molecule has 3 heterocycles. The Balaban J connectivity index is 1.79. The van der Waals surface area contributed by atoms with Gasteiger partial charge >= 0.3 is 0 Å². The monoisotopic (exact) mass is 395 g/mol. The van der Waals surface area contributed by atoms with E-state index in [1.54, 1.807) is 7.11 Å². The predicted octanol–water partition coefficient (Wildman–Crippen LogP) is 4.28. The largest absolute Gasteiger partial charge is 0.360 e. The maximum atomic E-state index is 11.5. The van der Waals surface area contributed by atoms with Crippen LogP contribution in [0.2, 0.25) is 0 Å². The molecule has 2 aromatic carbocycles. The molecule has 2 aromatic heterocycles. The van der Waals surface area contributed by atoms with Crippen molar-refractivity contribution in [1.82, 2.24) is 4.98 Å². The van der Waals surface area contributed by atoms with Crippen LogP contribution in [0.5, 0.6) is 0 Å². The van der Waals surface area contributed by atoms with E-state index in [9.17, 15) is 5.11 Å². The quantitative estimate of drug-likeness (QED) is 0.387. The van der Waals surface area contributed by atoms with Gasteiger partial charge < -0.3 is 9.84 Å². The summed E-state index contributed by atoms with van der Waals surface area (Å²) in [6.07, 6.45) is 1.96. The zero-order valence-electron chi connectivity index (χ0n) is 17.5. The van der Waals surface area contributed by atoms with Crippen LogP contribution in [0.25, 0.3) is 33.1 Å². The van der Waals surface area contributed by atoms with Crippen molar-refractivity contribution in [3.63, 3.8) is 0 Å². The SMILES string of the molecule is COC1(O)C2c3cnc4cccc5c4c3-c3c(cc4c(C)cccc4[n+]3C21)C5(C)C. The zero-order chi connectivity index (χ0) is 20.6. The van der Waals surface area contributed by atoms with Crippen LogP contribution < -0.4 is 4.57 Å². The van der Waals surface area contributed by atoms with Gasteiger partial charge in [0.25, 0.3) is 0 Å². The van der Waals surface area contributed by atoms with Gasteiger partial charge in [-0.05, 0) is 30.2 Å². The van der Waals surface area contributed by atoms with E-state index in [-0.39, 0.29) is 17.4 Å². The molecule has 1 N–H and O–H groups in total. The molecule has 4 heteroatoms. The average molecular weight is 395 g/mol. The van der Waals surface area contributed by atoms with Crippen LogP contribution in [0, 0.1) is 6.92 Å². The lowest BCUT2D eigenvalue weighted by Crippen LogP contribution is -2.45. The molecule has 7 rings (SSSR count). The minimum absolute atomic E-state index is 0.111. The lowest BCUT2D eigenvalue weighted by molar-refractivity contribution is -0.678. The smallest absolute Gasteiger partial charge is 0.244 e. The summed E-state index contributed by atoms with van der Waals surface area (Å²) in [5, 5.41) is 13.9. The van der Waals surface area contributed by atoms with Crippen molar-refractivity contribution in [3.8, 4) is 11.3 Å². The number of aryl methyl sites for hydroxylation is 1. The number of hydrogen-bond donors (Lipinski definition) is 1. The summed E-state index contributed by atoms with van der Waals surface area (Å²) >= 11 is 0. The summed E-state index contributed by atoms with van der Waals surface area (Å²) in [5.41, 5.74) is 9.40. The predicted molar refractivity (Wildman–Crippen MR) is 115 cm³/mol. The van der Waals surface area contributed by atoms with Gasteiger partial charge in [0.15, 0.2) is 0 Å². The van der Waals surface area contributed by atoms with Gasteiger partial charge in [-0.3, -0.25) is 4.98 Å². The topological polar surface area (TPSA) is 46.2 Å². The fraction of sp³-hybridized carbons (Fsp3) is 0.308. The van der Waals surface area contributed by atoms with Crippen molar-refractivity contribution in [1.29, 1.82) is 0 Å². The summed E-state index contributed by atoms with van der Waals surface area (Å²) < 4.78 is 8.08. The highest BCUT2D eigenvalue weighted by Crippen LogP contribution is 2.65. The standard InChI is InChI=1S/C26H23N2O2/c1-13-7-5-10-19-14(13)11-17-23-20-15(22-24(28(19)23)26(22,29)30-4)12-27-18-9-6-8-16(21(18)20)25(17,2)3/h5-12,22,24,29H,1-4H3/q+1. The second-order valence-corrected chi connectivity index (χ2v) is 9.58. The number of benzene rings is 2. The molecule has 1 aliphatic heterocycles. The van der Waals surface area contributed by atoms with Crippen molar-refractivity contribution in [3.05, 3.63) is 70.9 Å². The molecule has 3 aliphatic rings. The summed E-state index contributed by atoms with van der Waals surface area (Å²) in [4.78, 5) is 4.80. The molecule has 3 atom stereocenters. The number of aliphatic hydroxyl groups is 1. The first kappa shape index (κ1) is 16.9. The highest BCUT2D eigenvalue weighted by Gasteiger charge is 2.77. The average Bonchev–Trinajstić information content (AvgIpc) is 3.37. The molecule has 0 bridgehead atoms. The molecule has 0 amide bonds. The molecular formula is C26H23N2O2+. The van der Waals surface area contributed by atoms with Crippen molar-refractivity contribution < 1.29 is 14.4 Å². The highest BCUT2D eigenvalue weighted by atomic mass is 16.6. The van der Waals surface area contributed by atoms with Crippen molar-refractivity contribution in [2.45, 2.75) is 43.9 Å². The van der Waals surface area contributed by atoms with E-state index in [1.807, 2.05) is 6.20 Å². The zero-order valence-corrected chi connectivity index (χ0v) is 17.5. The number of nitrogens with zero attached hydrogens (tertiary/aromatic N) is 2. The van der Waals surface area contributed by atoms with Crippen molar-refractivity contribution in [2.24, 2.45) is 0 Å². The summed E-state index contributed by atoms with van der Waals surface area (Å²) in [6, 6.07) is 15.1. The molecule has 148 valence electrons. The van der Waals surface area contributed by atoms with Crippen LogP contribution in [0.1, 0.15) is 48.1 Å². The normalized spacial score (nSPS) is 26.7. The van der Waals surface area contributed by atoms with E-state index in [4.69, 9.17) is 9.72 Å². The molecule has 0 radical (unpaired) electrons. The van der Waals surface area contributed by atoms with Gasteiger partial charge in [-0.2, -0.15) is 4.57 Å². The lowest BCUT2D eigenvalue weighted by atomic mass is 9.68. The number of pyridine rings is 2. The van der Waals surface area contributed by atoms with Crippen LogP contribution in [0.3, 0.4) is 0 Å². The molecule has 1 fully saturated rings. The van der Waals surface area contributed by atoms with Crippen LogP contribution in [-0.4, -0.2) is 23.0 Å². The van der Waals surface area contributed by atoms with Gasteiger partial charge in [0.2, 0.25) is 23.0 Å². The third-order valence-electron chi connectivity index (χ3n) is 7.87. The molecule has 3 unspecified atom stereocenters. The van der Waals surface area contributed by atoms with Gasteiger partial charge in [-0.15, -0.1) is 0 Å². The Kier molecular flexibility index (Phi) is 2.77. The summed E-state index contributed by atoms with van der Waals surface area (Å²) in [7, 11) is 1.61. The molecular weight excluding hydrogens is 372 g/mol. The Morgan fingerprint density at radius 3 is 2.70 bits per heavy atom. The van der Waals surface area contributed by atoms with Crippen LogP contribution >= 0.6 is 0 Å². The molecule has 0 saturated heterocycles. The second-order valence-electron chi connectivity index (χ2n) is 9.58. The molecule has 4 nitrogen and oxygen atoms in total. The van der Waals surface area contributed by atoms with E-state index in [0.717, 1.165) is 16.6 Å². The Bertz CT molecular complexity index is 1460. The number of fused-ring (bicyclic) bond motifs is 5. The summed E-state index contributed by atoms with van der Waals surface area (Å²) in [6.45, 7) is 6.77. The Labute approximate surface area is 174 Å². The van der Waals surface area contributed by atoms with Gasteiger partial charge in [-0.1, -0.05) is 38.1 Å². The van der Waals surface area contributed by atoms with E-state index < -0.39 is 5.79 Å². The van der Waals surface area contributed by atoms with Crippen molar-refractivity contribution >= 4 is 21.8 Å². The van der Waals surface area contributed by atoms with E-state index in [1.165, 1.54) is 38.7 Å². The fourth-order valence-corrected chi connectivity index (χ4v) is 6.27. The van der Waals surface area contributed by atoms with Gasteiger partial charge in [0.05, 0.1) is 11.1 Å². The van der Waals surface area contributed by atoms with Gasteiger partial charge in [0.1, 0.15) is 5.92 Å². The molecule has 4 aromatic rings. The minimum Gasteiger partial charge on any atom is -0.360 e. The Morgan fingerprint density at radius 1 is 1.10 bits per heavy atom. The number of aromatic nitrogens is 2. The van der Waals surface area contributed by atoms with Crippen LogP contribution in [0.15, 0.2) is 48.7 Å². The maximum absolute atomic E-state index is 11.5. The van der Waals surface area contributed by atoms with Crippen LogP contribution in [-0.2, 0) is 10.2 Å². The summed E-state index contributed by atoms with van der Waals surface area (Å²) in [5.74, 6) is -1.32. The maximum Gasteiger partial charge on any atom is 0.244 e. The number of ether oxygens (including phenoxy) is 1. The Morgan fingerprint density at radius 2 is 1.90 bits per heavy atom.